The van der Waals surface area contributed by atoms with Crippen molar-refractivity contribution in [2.45, 2.75) is 47.6 Å². The summed E-state index contributed by atoms with van der Waals surface area (Å²) in [6, 6.07) is 29.4. The SMILES string of the molecule is O=C(CCl)O[C@@H]1[C@@H](OCc2ccccc2)[C@@H]2O[C@H](c3ccccc3)OC[C@H]2O[C@H]1Sc1ccccc1. The Balaban J connectivity index is 1.44. The first-order valence-electron chi connectivity index (χ1n) is 11.8. The number of carbonyl (C=O) groups excluding carboxylic acids is 1. The Hall–Kier alpha value is -2.39. The van der Waals surface area contributed by atoms with E-state index in [4.69, 9.17) is 35.3 Å². The Labute approximate surface area is 219 Å². The molecule has 0 aromatic heterocycles. The van der Waals surface area contributed by atoms with Crippen LogP contribution in [-0.4, -0.2) is 48.3 Å². The van der Waals surface area contributed by atoms with Gasteiger partial charge in [0.2, 0.25) is 0 Å². The van der Waals surface area contributed by atoms with Crippen molar-refractivity contribution < 1.29 is 28.5 Å². The normalized spacial score (nSPS) is 27.7. The number of halogens is 1. The molecule has 36 heavy (non-hydrogen) atoms. The van der Waals surface area contributed by atoms with Crippen LogP contribution in [0.3, 0.4) is 0 Å². The van der Waals surface area contributed by atoms with Crippen molar-refractivity contribution in [3.8, 4) is 0 Å². The number of esters is 1. The van der Waals surface area contributed by atoms with Crippen molar-refractivity contribution in [3.63, 3.8) is 0 Å². The molecule has 0 unspecified atom stereocenters. The van der Waals surface area contributed by atoms with Crippen LogP contribution in [-0.2, 0) is 35.1 Å². The molecule has 3 aromatic carbocycles. The fourth-order valence-electron chi connectivity index (χ4n) is 4.32. The highest BCUT2D eigenvalue weighted by Gasteiger charge is 2.52. The van der Waals surface area contributed by atoms with Crippen molar-refractivity contribution in [1.29, 1.82) is 0 Å². The Kier molecular flexibility index (Phi) is 8.59. The first-order chi connectivity index (χ1) is 17.7. The van der Waals surface area contributed by atoms with Gasteiger partial charge in [-0.3, -0.25) is 4.79 Å². The molecule has 8 heteroatoms. The Morgan fingerprint density at radius 2 is 1.56 bits per heavy atom. The Bertz CT molecular complexity index is 1100. The summed E-state index contributed by atoms with van der Waals surface area (Å²) in [5, 5.41) is 0. The lowest BCUT2D eigenvalue weighted by molar-refractivity contribution is -0.325. The molecule has 2 saturated heterocycles. The monoisotopic (exact) mass is 526 g/mol. The summed E-state index contributed by atoms with van der Waals surface area (Å²) < 4.78 is 31.2. The minimum Gasteiger partial charge on any atom is -0.455 e. The molecule has 6 nitrogen and oxygen atoms in total. The van der Waals surface area contributed by atoms with Gasteiger partial charge in [0.05, 0.1) is 13.2 Å². The van der Waals surface area contributed by atoms with Gasteiger partial charge in [-0.15, -0.1) is 11.6 Å². The molecule has 2 aliphatic heterocycles. The van der Waals surface area contributed by atoms with Gasteiger partial charge < -0.3 is 23.7 Å². The predicted molar refractivity (Wildman–Crippen MR) is 137 cm³/mol. The molecule has 5 rings (SSSR count). The first-order valence-corrected chi connectivity index (χ1v) is 13.2. The molecule has 0 spiro atoms. The highest BCUT2D eigenvalue weighted by Crippen LogP contribution is 2.41. The molecular weight excluding hydrogens is 500 g/mol. The van der Waals surface area contributed by atoms with Gasteiger partial charge in [0, 0.05) is 10.5 Å². The summed E-state index contributed by atoms with van der Waals surface area (Å²) in [6.07, 6.45) is -2.86. The summed E-state index contributed by atoms with van der Waals surface area (Å²) >= 11 is 7.30. The molecule has 0 bridgehead atoms. The number of benzene rings is 3. The maximum atomic E-state index is 12.4. The number of carbonyl (C=O) groups is 1. The number of rotatable bonds is 8. The first kappa shape index (κ1) is 25.3. The van der Waals surface area contributed by atoms with E-state index in [1.807, 2.05) is 91.0 Å². The molecule has 2 aliphatic rings. The van der Waals surface area contributed by atoms with Gasteiger partial charge in [-0.25, -0.2) is 0 Å². The van der Waals surface area contributed by atoms with Crippen molar-refractivity contribution in [2.75, 3.05) is 12.5 Å². The van der Waals surface area contributed by atoms with Gasteiger partial charge in [-0.2, -0.15) is 0 Å². The molecule has 0 N–H and O–H groups in total. The van der Waals surface area contributed by atoms with Gasteiger partial charge in [0.15, 0.2) is 12.4 Å². The quantitative estimate of drug-likeness (QED) is 0.289. The topological polar surface area (TPSA) is 63.2 Å². The largest absolute Gasteiger partial charge is 0.455 e. The second-order valence-corrected chi connectivity index (χ2v) is 9.94. The van der Waals surface area contributed by atoms with Crippen LogP contribution >= 0.6 is 23.4 Å². The summed E-state index contributed by atoms with van der Waals surface area (Å²) in [4.78, 5) is 13.4. The number of thioether (sulfide) groups is 1. The third kappa shape index (κ3) is 6.11. The van der Waals surface area contributed by atoms with E-state index in [9.17, 15) is 4.79 Å². The standard InChI is InChI=1S/C28H27ClO6S/c29-16-23(30)34-26-25(31-17-19-10-4-1-5-11-19)24-22(33-28(26)36-21-14-8-3-9-15-21)18-32-27(35-24)20-12-6-2-7-13-20/h1-15,22,24-28H,16-18H2/t22-,24-,25+,26-,27-,28+/m1/s1. The Morgan fingerprint density at radius 3 is 2.25 bits per heavy atom. The predicted octanol–water partition coefficient (Wildman–Crippen LogP) is 5.35. The Morgan fingerprint density at radius 1 is 0.889 bits per heavy atom. The zero-order valence-electron chi connectivity index (χ0n) is 19.5. The minimum atomic E-state index is -0.749. The van der Waals surface area contributed by atoms with E-state index in [0.717, 1.165) is 16.0 Å². The number of fused-ring (bicyclic) bond motifs is 1. The van der Waals surface area contributed by atoms with Gasteiger partial charge in [0.1, 0.15) is 29.6 Å². The summed E-state index contributed by atoms with van der Waals surface area (Å²) in [5.41, 5.74) is 1.36. The third-order valence-electron chi connectivity index (χ3n) is 6.01. The summed E-state index contributed by atoms with van der Waals surface area (Å²) in [6.45, 7) is 0.643. The smallest absolute Gasteiger partial charge is 0.321 e. The average molecular weight is 527 g/mol. The zero-order valence-corrected chi connectivity index (χ0v) is 21.1. The van der Waals surface area contributed by atoms with Crippen LogP contribution in [0.25, 0.3) is 0 Å². The van der Waals surface area contributed by atoms with Crippen LogP contribution in [0.15, 0.2) is 95.9 Å². The van der Waals surface area contributed by atoms with E-state index >= 15 is 0 Å². The van der Waals surface area contributed by atoms with Crippen molar-refractivity contribution in [3.05, 3.63) is 102 Å². The fraction of sp³-hybridized carbons (Fsp3) is 0.321. The van der Waals surface area contributed by atoms with Gasteiger partial charge in [0.25, 0.3) is 0 Å². The minimum absolute atomic E-state index is 0.269. The highest BCUT2D eigenvalue weighted by atomic mass is 35.5. The van der Waals surface area contributed by atoms with Crippen molar-refractivity contribution in [1.82, 2.24) is 0 Å². The van der Waals surface area contributed by atoms with E-state index in [-0.39, 0.29) is 5.88 Å². The molecule has 188 valence electrons. The maximum Gasteiger partial charge on any atom is 0.321 e. The van der Waals surface area contributed by atoms with E-state index in [0.29, 0.717) is 13.2 Å². The lowest BCUT2D eigenvalue weighted by Crippen LogP contribution is -2.62. The van der Waals surface area contributed by atoms with Crippen LogP contribution in [0, 0.1) is 0 Å². The van der Waals surface area contributed by atoms with Gasteiger partial charge in [-0.05, 0) is 17.7 Å². The van der Waals surface area contributed by atoms with Crippen LogP contribution in [0.5, 0.6) is 0 Å². The molecule has 2 fully saturated rings. The maximum absolute atomic E-state index is 12.4. The molecule has 3 aromatic rings. The molecular formula is C28H27ClO6S. The molecule has 6 atom stereocenters. The third-order valence-corrected chi connectivity index (χ3v) is 7.39. The fourth-order valence-corrected chi connectivity index (χ4v) is 5.51. The lowest BCUT2D eigenvalue weighted by atomic mass is 9.98. The zero-order chi connectivity index (χ0) is 24.7. The van der Waals surface area contributed by atoms with Crippen LogP contribution in [0.4, 0.5) is 0 Å². The molecule has 0 aliphatic carbocycles. The lowest BCUT2D eigenvalue weighted by Gasteiger charge is -2.48. The van der Waals surface area contributed by atoms with Crippen molar-refractivity contribution >= 4 is 29.3 Å². The number of alkyl halides is 1. The molecule has 0 saturated carbocycles. The summed E-state index contributed by atoms with van der Waals surface area (Å²) in [5.74, 6) is -0.808. The second-order valence-electron chi connectivity index (χ2n) is 8.50. The van der Waals surface area contributed by atoms with E-state index < -0.39 is 42.1 Å². The van der Waals surface area contributed by atoms with Crippen LogP contribution in [0.1, 0.15) is 17.4 Å². The highest BCUT2D eigenvalue weighted by molar-refractivity contribution is 7.99. The van der Waals surface area contributed by atoms with Crippen LogP contribution < -0.4 is 0 Å². The average Bonchev–Trinajstić information content (AvgIpc) is 2.94. The van der Waals surface area contributed by atoms with E-state index in [1.165, 1.54) is 11.8 Å². The van der Waals surface area contributed by atoms with Crippen molar-refractivity contribution in [2.24, 2.45) is 0 Å². The summed E-state index contributed by atoms with van der Waals surface area (Å²) in [7, 11) is 0. The second kappa shape index (κ2) is 12.2. The van der Waals surface area contributed by atoms with Gasteiger partial charge >= 0.3 is 5.97 Å². The van der Waals surface area contributed by atoms with Gasteiger partial charge in [-0.1, -0.05) is 90.6 Å². The van der Waals surface area contributed by atoms with E-state index in [2.05, 4.69) is 0 Å². The number of hydrogen-bond acceptors (Lipinski definition) is 7. The molecule has 0 radical (unpaired) electrons. The number of hydrogen-bond donors (Lipinski definition) is 0. The molecule has 0 amide bonds. The number of ether oxygens (including phenoxy) is 5. The van der Waals surface area contributed by atoms with Crippen LogP contribution in [0.2, 0.25) is 0 Å². The van der Waals surface area contributed by atoms with E-state index in [1.54, 1.807) is 0 Å². The molecule has 2 heterocycles.